The van der Waals surface area contributed by atoms with E-state index in [-0.39, 0.29) is 11.8 Å². The number of amides is 1. The van der Waals surface area contributed by atoms with Crippen molar-refractivity contribution >= 4 is 5.91 Å². The first-order chi connectivity index (χ1) is 12.6. The first-order valence-electron chi connectivity index (χ1n) is 8.36. The molecular weight excluding hydrogens is 337 g/mol. The van der Waals surface area contributed by atoms with Crippen LogP contribution in [0.25, 0.3) is 0 Å². The topological polar surface area (TPSA) is 60.5 Å². The van der Waals surface area contributed by atoms with Gasteiger partial charge >= 0.3 is 0 Å². The van der Waals surface area contributed by atoms with E-state index in [1.807, 2.05) is 29.8 Å². The standard InChI is InChI=1S/C19H18FN3O3/c1-13-6-9-25-17(13)19(24)23-10-14-4-3-8-22(14)11-15(12-23)26-18-16(20)5-2-7-21-18/h2-9,15H,10-12H2,1H3/t15-/m1/s1. The van der Waals surface area contributed by atoms with E-state index in [9.17, 15) is 9.18 Å². The Labute approximate surface area is 149 Å². The lowest BCUT2D eigenvalue weighted by atomic mass is 10.2. The van der Waals surface area contributed by atoms with E-state index >= 15 is 0 Å². The molecule has 0 fully saturated rings. The molecule has 1 atom stereocenters. The summed E-state index contributed by atoms with van der Waals surface area (Å²) in [4.78, 5) is 18.5. The van der Waals surface area contributed by atoms with Gasteiger partial charge in [0, 0.05) is 23.7 Å². The lowest BCUT2D eigenvalue weighted by molar-refractivity contribution is 0.0610. The zero-order valence-electron chi connectivity index (χ0n) is 14.3. The molecule has 0 bridgehead atoms. The van der Waals surface area contributed by atoms with Crippen LogP contribution in [0.1, 0.15) is 21.8 Å². The van der Waals surface area contributed by atoms with Crippen LogP contribution in [-0.2, 0) is 13.1 Å². The molecule has 0 saturated heterocycles. The molecule has 1 aliphatic rings. The molecular formula is C19H18FN3O3. The van der Waals surface area contributed by atoms with Gasteiger partial charge in [-0.2, -0.15) is 0 Å². The van der Waals surface area contributed by atoms with Crippen molar-refractivity contribution in [1.29, 1.82) is 0 Å². The number of rotatable bonds is 3. The van der Waals surface area contributed by atoms with Crippen molar-refractivity contribution in [2.75, 3.05) is 6.54 Å². The SMILES string of the molecule is Cc1ccoc1C(=O)N1Cc2cccn2C[C@@H](Oc2ncccc2F)C1. The van der Waals surface area contributed by atoms with Gasteiger partial charge < -0.3 is 18.6 Å². The molecule has 0 aliphatic carbocycles. The number of carbonyl (C=O) groups excluding carboxylic acids is 1. The lowest BCUT2D eigenvalue weighted by Gasteiger charge is -2.24. The average molecular weight is 355 g/mol. The number of aromatic nitrogens is 2. The third-order valence-corrected chi connectivity index (χ3v) is 4.45. The number of hydrogen-bond acceptors (Lipinski definition) is 4. The normalized spacial score (nSPS) is 16.8. The molecule has 26 heavy (non-hydrogen) atoms. The van der Waals surface area contributed by atoms with Gasteiger partial charge in [0.2, 0.25) is 0 Å². The highest BCUT2D eigenvalue weighted by Gasteiger charge is 2.29. The summed E-state index contributed by atoms with van der Waals surface area (Å²) in [5.74, 6) is -0.482. The Morgan fingerprint density at radius 2 is 2.19 bits per heavy atom. The van der Waals surface area contributed by atoms with Crippen molar-refractivity contribution in [3.8, 4) is 5.88 Å². The van der Waals surface area contributed by atoms with Crippen molar-refractivity contribution in [1.82, 2.24) is 14.5 Å². The van der Waals surface area contributed by atoms with E-state index in [1.54, 1.807) is 11.0 Å². The molecule has 0 radical (unpaired) electrons. The maximum atomic E-state index is 13.9. The molecule has 4 heterocycles. The zero-order chi connectivity index (χ0) is 18.1. The summed E-state index contributed by atoms with van der Waals surface area (Å²) >= 11 is 0. The predicted molar refractivity (Wildman–Crippen MR) is 91.2 cm³/mol. The molecule has 0 N–H and O–H groups in total. The highest BCUT2D eigenvalue weighted by atomic mass is 19.1. The van der Waals surface area contributed by atoms with Crippen molar-refractivity contribution in [2.24, 2.45) is 0 Å². The summed E-state index contributed by atoms with van der Waals surface area (Å²) in [6, 6.07) is 8.44. The summed E-state index contributed by atoms with van der Waals surface area (Å²) in [6.07, 6.45) is 4.46. The predicted octanol–water partition coefficient (Wildman–Crippen LogP) is 3.03. The molecule has 7 heteroatoms. The summed E-state index contributed by atoms with van der Waals surface area (Å²) in [5, 5.41) is 0. The van der Waals surface area contributed by atoms with Crippen LogP contribution in [0.3, 0.4) is 0 Å². The molecule has 4 rings (SSSR count). The largest absolute Gasteiger partial charge is 0.468 e. The number of fused-ring (bicyclic) bond motifs is 1. The Morgan fingerprint density at radius 3 is 2.96 bits per heavy atom. The molecule has 134 valence electrons. The van der Waals surface area contributed by atoms with E-state index in [4.69, 9.17) is 9.15 Å². The van der Waals surface area contributed by atoms with Crippen LogP contribution < -0.4 is 4.74 Å². The number of pyridine rings is 1. The van der Waals surface area contributed by atoms with Crippen molar-refractivity contribution in [3.05, 3.63) is 71.8 Å². The highest BCUT2D eigenvalue weighted by Crippen LogP contribution is 2.21. The Kier molecular flexibility index (Phi) is 4.20. The fourth-order valence-corrected chi connectivity index (χ4v) is 3.13. The van der Waals surface area contributed by atoms with E-state index in [1.165, 1.54) is 24.6 Å². The number of furan rings is 1. The van der Waals surface area contributed by atoms with Gasteiger partial charge in [0.05, 0.1) is 25.9 Å². The number of ether oxygens (including phenoxy) is 1. The molecule has 0 saturated carbocycles. The molecule has 3 aromatic heterocycles. The molecule has 1 aliphatic heterocycles. The molecule has 1 amide bonds. The van der Waals surface area contributed by atoms with Crippen LogP contribution in [-0.4, -0.2) is 33.0 Å². The lowest BCUT2D eigenvalue weighted by Crippen LogP contribution is -2.39. The number of aryl methyl sites for hydroxylation is 1. The van der Waals surface area contributed by atoms with Crippen molar-refractivity contribution in [3.63, 3.8) is 0 Å². The van der Waals surface area contributed by atoms with Gasteiger partial charge in [-0.05, 0) is 37.3 Å². The van der Waals surface area contributed by atoms with Gasteiger partial charge in [0.1, 0.15) is 6.10 Å². The van der Waals surface area contributed by atoms with Crippen LogP contribution in [0.15, 0.2) is 53.4 Å². The van der Waals surface area contributed by atoms with E-state index in [0.717, 1.165) is 11.3 Å². The summed E-state index contributed by atoms with van der Waals surface area (Å²) < 4.78 is 27.1. The Morgan fingerprint density at radius 1 is 1.31 bits per heavy atom. The average Bonchev–Trinajstić information content (AvgIpc) is 3.21. The van der Waals surface area contributed by atoms with Crippen molar-refractivity contribution in [2.45, 2.75) is 26.1 Å². The summed E-state index contributed by atoms with van der Waals surface area (Å²) in [7, 11) is 0. The first-order valence-corrected chi connectivity index (χ1v) is 8.36. The van der Waals surface area contributed by atoms with Crippen molar-refractivity contribution < 1.29 is 18.3 Å². The summed E-state index contributed by atoms with van der Waals surface area (Å²) in [6.45, 7) is 3.06. The minimum absolute atomic E-state index is 0.0605. The summed E-state index contributed by atoms with van der Waals surface area (Å²) in [5.41, 5.74) is 1.76. The monoisotopic (exact) mass is 355 g/mol. The minimum Gasteiger partial charge on any atom is -0.468 e. The molecule has 6 nitrogen and oxygen atoms in total. The Balaban J connectivity index is 1.62. The molecule has 0 unspecified atom stereocenters. The van der Waals surface area contributed by atoms with E-state index in [0.29, 0.717) is 25.4 Å². The number of carbonyl (C=O) groups is 1. The molecule has 0 aromatic carbocycles. The van der Waals surface area contributed by atoms with Crippen LogP contribution in [0, 0.1) is 12.7 Å². The third kappa shape index (κ3) is 3.08. The minimum atomic E-state index is -0.524. The van der Waals surface area contributed by atoms with Crippen LogP contribution >= 0.6 is 0 Å². The first kappa shape index (κ1) is 16.4. The Hall–Kier alpha value is -3.09. The smallest absolute Gasteiger partial charge is 0.290 e. The second-order valence-corrected chi connectivity index (χ2v) is 6.30. The second kappa shape index (κ2) is 6.67. The van der Waals surface area contributed by atoms with Gasteiger partial charge in [-0.15, -0.1) is 0 Å². The van der Waals surface area contributed by atoms with Crippen LogP contribution in [0.5, 0.6) is 5.88 Å². The zero-order valence-corrected chi connectivity index (χ0v) is 14.3. The number of hydrogen-bond donors (Lipinski definition) is 0. The van der Waals surface area contributed by atoms with Crippen LogP contribution in [0.2, 0.25) is 0 Å². The van der Waals surface area contributed by atoms with Gasteiger partial charge in [0.15, 0.2) is 11.6 Å². The second-order valence-electron chi connectivity index (χ2n) is 6.30. The van der Waals surface area contributed by atoms with Crippen LogP contribution in [0.4, 0.5) is 4.39 Å². The molecule has 0 spiro atoms. The van der Waals surface area contributed by atoms with E-state index in [2.05, 4.69) is 4.98 Å². The number of nitrogens with zero attached hydrogens (tertiary/aromatic N) is 3. The fourth-order valence-electron chi connectivity index (χ4n) is 3.13. The quantitative estimate of drug-likeness (QED) is 0.725. The number of halogens is 1. The van der Waals surface area contributed by atoms with Gasteiger partial charge in [0.25, 0.3) is 11.8 Å². The van der Waals surface area contributed by atoms with Gasteiger partial charge in [-0.3, -0.25) is 4.79 Å². The van der Waals surface area contributed by atoms with Gasteiger partial charge in [-0.25, -0.2) is 9.37 Å². The van der Waals surface area contributed by atoms with E-state index < -0.39 is 11.9 Å². The fraction of sp³-hybridized carbons (Fsp3) is 0.263. The maximum absolute atomic E-state index is 13.9. The van der Waals surface area contributed by atoms with Gasteiger partial charge in [-0.1, -0.05) is 0 Å². The maximum Gasteiger partial charge on any atom is 0.290 e. The molecule has 3 aromatic rings. The third-order valence-electron chi connectivity index (χ3n) is 4.45. The Bertz CT molecular complexity index is 934. The highest BCUT2D eigenvalue weighted by molar-refractivity contribution is 5.92.